The van der Waals surface area contributed by atoms with Gasteiger partial charge in [0, 0.05) is 38.3 Å². The number of nitrogens with two attached hydrogens (primary N) is 1. The Kier molecular flexibility index (Phi) is 5.95. The predicted octanol–water partition coefficient (Wildman–Crippen LogP) is 2.20. The fourth-order valence-electron chi connectivity index (χ4n) is 3.39. The van der Waals surface area contributed by atoms with Crippen molar-refractivity contribution in [3.8, 4) is 10.7 Å². The quantitative estimate of drug-likeness (QED) is 0.609. The van der Waals surface area contributed by atoms with Gasteiger partial charge >= 0.3 is 0 Å². The number of anilines is 1. The summed E-state index contributed by atoms with van der Waals surface area (Å²) in [4.78, 5) is 10.3. The van der Waals surface area contributed by atoms with Crippen molar-refractivity contribution in [2.45, 2.75) is 17.7 Å². The highest BCUT2D eigenvalue weighted by Gasteiger charge is 2.18. The average molecular weight is 434 g/mol. The number of aromatic nitrogens is 2. The molecule has 154 valence electrons. The van der Waals surface area contributed by atoms with Gasteiger partial charge in [0.2, 0.25) is 21.7 Å². The van der Waals surface area contributed by atoms with Crippen molar-refractivity contribution in [2.24, 2.45) is 5.14 Å². The van der Waals surface area contributed by atoms with Crippen LogP contribution in [0.15, 0.2) is 51.2 Å². The Morgan fingerprint density at radius 2 is 1.86 bits per heavy atom. The molecule has 1 aromatic carbocycles. The number of benzene rings is 1. The largest absolute Gasteiger partial charge is 0.369 e. The molecule has 1 aliphatic heterocycles. The molecule has 3 aromatic rings. The first kappa shape index (κ1) is 20.0. The van der Waals surface area contributed by atoms with Gasteiger partial charge in [-0.1, -0.05) is 11.2 Å². The zero-order chi connectivity index (χ0) is 20.3. The molecule has 3 heterocycles. The first-order valence-corrected chi connectivity index (χ1v) is 11.9. The second kappa shape index (κ2) is 8.62. The molecule has 1 fully saturated rings. The average Bonchev–Trinajstić information content (AvgIpc) is 3.40. The Balaban J connectivity index is 1.22. The minimum atomic E-state index is -3.65. The predicted molar refractivity (Wildman–Crippen MR) is 112 cm³/mol. The summed E-state index contributed by atoms with van der Waals surface area (Å²) in [5, 5.41) is 11.2. The third-order valence-corrected chi connectivity index (χ3v) is 6.77. The van der Waals surface area contributed by atoms with Crippen LogP contribution in [0.1, 0.15) is 12.3 Å². The summed E-state index contributed by atoms with van der Waals surface area (Å²) >= 11 is 1.60. The van der Waals surface area contributed by atoms with E-state index in [1.165, 1.54) is 0 Å². The van der Waals surface area contributed by atoms with Crippen molar-refractivity contribution >= 4 is 27.0 Å². The molecular weight excluding hydrogens is 410 g/mol. The number of nitrogens with zero attached hydrogens (tertiary/aromatic N) is 4. The van der Waals surface area contributed by atoms with Crippen molar-refractivity contribution < 1.29 is 12.9 Å². The standard InChI is InChI=1S/C19H23N5O3S2/c20-29(25,26)16-7-5-15(6-8-16)24-12-10-23(11-13-24)9-1-4-18-21-19(22-27-18)17-3-2-14-28-17/h2-3,5-8,14H,1,4,9-13H2,(H2,20,25,26). The van der Waals surface area contributed by atoms with Crippen LogP contribution in [-0.4, -0.2) is 56.2 Å². The third-order valence-electron chi connectivity index (χ3n) is 4.98. The van der Waals surface area contributed by atoms with Crippen molar-refractivity contribution in [1.29, 1.82) is 0 Å². The van der Waals surface area contributed by atoms with Crippen LogP contribution >= 0.6 is 11.3 Å². The minimum absolute atomic E-state index is 0.142. The van der Waals surface area contributed by atoms with E-state index in [1.54, 1.807) is 23.5 Å². The molecule has 10 heteroatoms. The zero-order valence-electron chi connectivity index (χ0n) is 15.9. The van der Waals surface area contributed by atoms with Gasteiger partial charge in [0.1, 0.15) is 0 Å². The lowest BCUT2D eigenvalue weighted by molar-refractivity contribution is 0.251. The van der Waals surface area contributed by atoms with Crippen molar-refractivity contribution in [2.75, 3.05) is 37.6 Å². The molecule has 1 aliphatic rings. The molecule has 0 bridgehead atoms. The second-order valence-corrected chi connectivity index (χ2v) is 9.47. The normalized spacial score (nSPS) is 15.7. The number of thiophene rings is 1. The third kappa shape index (κ3) is 5.02. The Morgan fingerprint density at radius 3 is 2.52 bits per heavy atom. The van der Waals surface area contributed by atoms with E-state index in [2.05, 4.69) is 19.9 Å². The number of hydrogen-bond acceptors (Lipinski definition) is 8. The smallest absolute Gasteiger partial charge is 0.238 e. The van der Waals surface area contributed by atoms with Gasteiger partial charge in [-0.15, -0.1) is 11.3 Å². The fraction of sp³-hybridized carbons (Fsp3) is 0.368. The van der Waals surface area contributed by atoms with E-state index in [0.29, 0.717) is 11.7 Å². The highest BCUT2D eigenvalue weighted by atomic mass is 32.2. The van der Waals surface area contributed by atoms with Gasteiger partial charge in [0.05, 0.1) is 9.77 Å². The summed E-state index contributed by atoms with van der Waals surface area (Å²) in [5.74, 6) is 1.35. The number of aryl methyl sites for hydroxylation is 1. The van der Waals surface area contributed by atoms with Crippen LogP contribution < -0.4 is 10.0 Å². The molecule has 0 radical (unpaired) electrons. The molecule has 2 aromatic heterocycles. The molecule has 0 atom stereocenters. The Labute approximate surface area is 174 Å². The molecule has 0 amide bonds. The van der Waals surface area contributed by atoms with Crippen LogP contribution in [0.4, 0.5) is 5.69 Å². The van der Waals surface area contributed by atoms with Crippen molar-refractivity contribution in [1.82, 2.24) is 15.0 Å². The Bertz CT molecular complexity index is 1020. The topological polar surface area (TPSA) is 106 Å². The number of piperazine rings is 1. The van der Waals surface area contributed by atoms with Crippen LogP contribution in [0.3, 0.4) is 0 Å². The van der Waals surface area contributed by atoms with E-state index in [-0.39, 0.29) is 4.90 Å². The summed E-state index contributed by atoms with van der Waals surface area (Å²) in [6, 6.07) is 10.7. The molecule has 0 spiro atoms. The summed E-state index contributed by atoms with van der Waals surface area (Å²) < 4.78 is 28.1. The molecule has 0 aliphatic carbocycles. The maximum absolute atomic E-state index is 11.4. The van der Waals surface area contributed by atoms with Gasteiger partial charge < -0.3 is 9.42 Å². The van der Waals surface area contributed by atoms with E-state index in [0.717, 1.165) is 56.1 Å². The van der Waals surface area contributed by atoms with Gasteiger partial charge in [0.15, 0.2) is 0 Å². The van der Waals surface area contributed by atoms with Crippen molar-refractivity contribution in [3.05, 3.63) is 47.7 Å². The minimum Gasteiger partial charge on any atom is -0.369 e. The maximum Gasteiger partial charge on any atom is 0.238 e. The molecule has 0 unspecified atom stereocenters. The van der Waals surface area contributed by atoms with E-state index in [1.807, 2.05) is 29.6 Å². The molecule has 0 saturated carbocycles. The fourth-order valence-corrected chi connectivity index (χ4v) is 4.56. The van der Waals surface area contributed by atoms with Gasteiger partial charge in [-0.2, -0.15) is 4.98 Å². The van der Waals surface area contributed by atoms with Crippen LogP contribution in [0, 0.1) is 0 Å². The number of rotatable bonds is 7. The van der Waals surface area contributed by atoms with Crippen LogP contribution in [0.2, 0.25) is 0 Å². The van der Waals surface area contributed by atoms with E-state index in [4.69, 9.17) is 9.66 Å². The molecule has 8 nitrogen and oxygen atoms in total. The van der Waals surface area contributed by atoms with Gasteiger partial charge in [0.25, 0.3) is 0 Å². The summed E-state index contributed by atoms with van der Waals surface area (Å²) in [7, 11) is -3.65. The van der Waals surface area contributed by atoms with E-state index < -0.39 is 10.0 Å². The van der Waals surface area contributed by atoms with E-state index in [9.17, 15) is 8.42 Å². The maximum atomic E-state index is 11.4. The zero-order valence-corrected chi connectivity index (χ0v) is 17.5. The van der Waals surface area contributed by atoms with Gasteiger partial charge in [-0.3, -0.25) is 4.90 Å². The molecule has 2 N–H and O–H groups in total. The van der Waals surface area contributed by atoms with Crippen LogP contribution in [0.25, 0.3) is 10.7 Å². The van der Waals surface area contributed by atoms with Crippen LogP contribution in [-0.2, 0) is 16.4 Å². The van der Waals surface area contributed by atoms with E-state index >= 15 is 0 Å². The molecule has 29 heavy (non-hydrogen) atoms. The number of primary sulfonamides is 1. The Morgan fingerprint density at radius 1 is 1.10 bits per heavy atom. The van der Waals surface area contributed by atoms with Crippen molar-refractivity contribution in [3.63, 3.8) is 0 Å². The first-order chi connectivity index (χ1) is 14.0. The molecular formula is C19H23N5O3S2. The summed E-state index contributed by atoms with van der Waals surface area (Å²) in [6.07, 6.45) is 1.74. The highest BCUT2D eigenvalue weighted by Crippen LogP contribution is 2.22. The number of hydrogen-bond donors (Lipinski definition) is 1. The van der Waals surface area contributed by atoms with Gasteiger partial charge in [-0.05, 0) is 48.7 Å². The lowest BCUT2D eigenvalue weighted by Gasteiger charge is -2.36. The first-order valence-electron chi connectivity index (χ1n) is 9.46. The summed E-state index contributed by atoms with van der Waals surface area (Å²) in [6.45, 7) is 4.70. The summed E-state index contributed by atoms with van der Waals surface area (Å²) in [5.41, 5.74) is 1.02. The Hall–Kier alpha value is -2.27. The SMILES string of the molecule is NS(=O)(=O)c1ccc(N2CCN(CCCc3nc(-c4cccs4)no3)CC2)cc1. The number of sulfonamides is 1. The lowest BCUT2D eigenvalue weighted by Crippen LogP contribution is -2.46. The molecule has 1 saturated heterocycles. The van der Waals surface area contributed by atoms with Crippen LogP contribution in [0.5, 0.6) is 0 Å². The van der Waals surface area contributed by atoms with Gasteiger partial charge in [-0.25, -0.2) is 13.6 Å². The molecule has 4 rings (SSSR count). The monoisotopic (exact) mass is 433 g/mol. The lowest BCUT2D eigenvalue weighted by atomic mass is 10.2. The highest BCUT2D eigenvalue weighted by molar-refractivity contribution is 7.89. The second-order valence-electron chi connectivity index (χ2n) is 6.96.